The molecule has 0 aliphatic rings. The number of carbonyl (C=O) groups excluding carboxylic acids is 2. The number of nitrogens with one attached hydrogen (secondary N) is 1. The minimum Gasteiger partial charge on any atom is -0.352 e. The van der Waals surface area contributed by atoms with E-state index in [4.69, 9.17) is 0 Å². The van der Waals surface area contributed by atoms with Crippen LogP contribution in [-0.2, 0) is 39.0 Å². The second-order valence-corrected chi connectivity index (χ2v) is 13.5. The topological polar surface area (TPSA) is 86.8 Å². The largest absolute Gasteiger partial charge is 0.352 e. The van der Waals surface area contributed by atoms with Gasteiger partial charge in [-0.1, -0.05) is 97.4 Å². The van der Waals surface area contributed by atoms with Crippen LogP contribution in [0.3, 0.4) is 0 Å². The van der Waals surface area contributed by atoms with Crippen LogP contribution < -0.4 is 9.62 Å². The molecule has 0 unspecified atom stereocenters. The minimum atomic E-state index is -4.15. The number of anilines is 1. The number of rotatable bonds is 13. The summed E-state index contributed by atoms with van der Waals surface area (Å²) in [4.78, 5) is 30.1. The van der Waals surface area contributed by atoms with Crippen LogP contribution >= 0.6 is 0 Å². The fourth-order valence-electron chi connectivity index (χ4n) is 5.31. The van der Waals surface area contributed by atoms with Gasteiger partial charge >= 0.3 is 0 Å². The Morgan fingerprint density at radius 2 is 1.38 bits per heavy atom. The Kier molecular flexibility index (Phi) is 11.2. The fraction of sp³-hybridized carbons (Fsp3) is 0.297. The van der Waals surface area contributed by atoms with Crippen molar-refractivity contribution >= 4 is 27.5 Å². The maximum absolute atomic E-state index is 14.6. The average Bonchev–Trinajstić information content (AvgIpc) is 3.02. The molecule has 1 N–H and O–H groups in total. The van der Waals surface area contributed by atoms with Crippen molar-refractivity contribution in [2.24, 2.45) is 0 Å². The zero-order valence-electron chi connectivity index (χ0n) is 26.7. The lowest BCUT2D eigenvalue weighted by atomic mass is 10.0. The summed E-state index contributed by atoms with van der Waals surface area (Å²) in [6.45, 7) is 9.23. The number of aryl methyl sites for hydroxylation is 3. The van der Waals surface area contributed by atoms with Gasteiger partial charge < -0.3 is 10.2 Å². The molecule has 7 nitrogen and oxygen atoms in total. The molecule has 1 atom stereocenters. The van der Waals surface area contributed by atoms with Crippen molar-refractivity contribution in [2.75, 3.05) is 10.8 Å². The molecule has 4 aromatic rings. The number of carbonyl (C=O) groups is 2. The summed E-state index contributed by atoms with van der Waals surface area (Å²) in [6, 6.07) is 30.1. The van der Waals surface area contributed by atoms with Crippen LogP contribution in [-0.4, -0.2) is 43.8 Å². The van der Waals surface area contributed by atoms with Gasteiger partial charge in [0, 0.05) is 19.0 Å². The molecule has 0 bridgehead atoms. The van der Waals surface area contributed by atoms with Gasteiger partial charge in [-0.15, -0.1) is 0 Å². The van der Waals surface area contributed by atoms with Crippen molar-refractivity contribution in [3.8, 4) is 0 Å². The van der Waals surface area contributed by atoms with Gasteiger partial charge in [0.2, 0.25) is 11.8 Å². The van der Waals surface area contributed by atoms with Gasteiger partial charge in [-0.25, -0.2) is 8.42 Å². The zero-order valence-corrected chi connectivity index (χ0v) is 27.6. The highest BCUT2D eigenvalue weighted by Crippen LogP contribution is 2.29. The number of sulfonamides is 1. The summed E-state index contributed by atoms with van der Waals surface area (Å²) in [7, 11) is -4.15. The Balaban J connectivity index is 1.84. The number of hydrogen-bond acceptors (Lipinski definition) is 4. The Morgan fingerprint density at radius 3 is 2.00 bits per heavy atom. The van der Waals surface area contributed by atoms with Crippen LogP contribution in [0.15, 0.2) is 108 Å². The first-order valence-electron chi connectivity index (χ1n) is 15.4. The molecule has 0 heterocycles. The normalized spacial score (nSPS) is 12.0. The lowest BCUT2D eigenvalue weighted by Gasteiger charge is -2.35. The van der Waals surface area contributed by atoms with Gasteiger partial charge in [0.05, 0.1) is 10.6 Å². The van der Waals surface area contributed by atoms with E-state index in [1.165, 1.54) is 4.31 Å². The van der Waals surface area contributed by atoms with Crippen LogP contribution in [0.25, 0.3) is 0 Å². The molecule has 8 heteroatoms. The molecule has 45 heavy (non-hydrogen) atoms. The van der Waals surface area contributed by atoms with Crippen molar-refractivity contribution in [1.29, 1.82) is 0 Å². The number of para-hydroxylation sites is 1. The van der Waals surface area contributed by atoms with E-state index in [-0.39, 0.29) is 29.8 Å². The molecule has 0 spiro atoms. The van der Waals surface area contributed by atoms with Crippen LogP contribution in [0.2, 0.25) is 0 Å². The maximum atomic E-state index is 14.6. The third kappa shape index (κ3) is 8.39. The number of amides is 2. The number of nitrogens with zero attached hydrogens (tertiary/aromatic N) is 2. The Bertz CT molecular complexity index is 1700. The molecular weight excluding hydrogens is 582 g/mol. The van der Waals surface area contributed by atoms with Crippen LogP contribution in [0.5, 0.6) is 0 Å². The third-order valence-corrected chi connectivity index (χ3v) is 9.61. The van der Waals surface area contributed by atoms with Crippen LogP contribution in [0, 0.1) is 13.8 Å². The zero-order chi connectivity index (χ0) is 32.6. The Hall–Kier alpha value is -4.43. The molecule has 4 rings (SSSR count). The third-order valence-electron chi connectivity index (χ3n) is 7.83. The SMILES string of the molecule is CCc1ccccc1N(CC(=O)N(Cc1ccccc1C)[C@H](Cc1ccccc1)C(=O)NC(C)C)S(=O)(=O)c1ccc(C)cc1. The molecule has 236 valence electrons. The van der Waals surface area contributed by atoms with Crippen molar-refractivity contribution in [3.05, 3.63) is 131 Å². The molecule has 0 fully saturated rings. The van der Waals surface area contributed by atoms with E-state index in [2.05, 4.69) is 5.32 Å². The van der Waals surface area contributed by atoms with Crippen molar-refractivity contribution in [2.45, 2.75) is 71.0 Å². The highest BCUT2D eigenvalue weighted by molar-refractivity contribution is 7.92. The fourth-order valence-corrected chi connectivity index (χ4v) is 6.76. The van der Waals surface area contributed by atoms with E-state index < -0.39 is 28.5 Å². The summed E-state index contributed by atoms with van der Waals surface area (Å²) < 4.78 is 29.8. The summed E-state index contributed by atoms with van der Waals surface area (Å²) >= 11 is 0. The van der Waals surface area contributed by atoms with Crippen molar-refractivity contribution < 1.29 is 18.0 Å². The van der Waals surface area contributed by atoms with E-state index in [0.717, 1.165) is 27.8 Å². The maximum Gasteiger partial charge on any atom is 0.264 e. The van der Waals surface area contributed by atoms with Gasteiger partial charge in [-0.3, -0.25) is 13.9 Å². The van der Waals surface area contributed by atoms with Crippen LogP contribution in [0.4, 0.5) is 5.69 Å². The van der Waals surface area contributed by atoms with Gasteiger partial charge in [0.15, 0.2) is 0 Å². The number of benzene rings is 4. The molecule has 0 aliphatic carbocycles. The molecular formula is C37H43N3O4S. The quantitative estimate of drug-likeness (QED) is 0.191. The Labute approximate surface area is 268 Å². The second kappa shape index (κ2) is 15.0. The first kappa shape index (κ1) is 33.5. The number of hydrogen-bond donors (Lipinski definition) is 1. The van der Waals surface area contributed by atoms with Crippen LogP contribution in [0.1, 0.15) is 48.6 Å². The van der Waals surface area contributed by atoms with E-state index in [0.29, 0.717) is 12.1 Å². The molecule has 0 saturated heterocycles. The second-order valence-electron chi connectivity index (χ2n) is 11.6. The van der Waals surface area contributed by atoms with E-state index in [9.17, 15) is 18.0 Å². The molecule has 0 saturated carbocycles. The van der Waals surface area contributed by atoms with Crippen molar-refractivity contribution in [3.63, 3.8) is 0 Å². The van der Waals surface area contributed by atoms with E-state index >= 15 is 0 Å². The van der Waals surface area contributed by atoms with Gasteiger partial charge in [0.25, 0.3) is 10.0 Å². The summed E-state index contributed by atoms with van der Waals surface area (Å²) in [5, 5.41) is 3.00. The first-order valence-corrected chi connectivity index (χ1v) is 16.8. The monoisotopic (exact) mass is 625 g/mol. The predicted octanol–water partition coefficient (Wildman–Crippen LogP) is 6.23. The standard InChI is InChI=1S/C37H43N3O4S/c1-6-31-17-12-13-19-34(31)40(45(43,44)33-22-20-28(4)21-23-33)26-36(41)39(25-32-18-11-10-14-29(32)5)35(37(42)38-27(2)3)24-30-15-8-7-9-16-30/h7-23,27,35H,6,24-26H2,1-5H3,(H,38,42)/t35-/m1/s1. The van der Waals surface area contributed by atoms with E-state index in [1.807, 2.05) is 101 Å². The average molecular weight is 626 g/mol. The van der Waals surface area contributed by atoms with E-state index in [1.54, 1.807) is 41.3 Å². The lowest BCUT2D eigenvalue weighted by molar-refractivity contribution is -0.140. The van der Waals surface area contributed by atoms with Gasteiger partial charge in [-0.2, -0.15) is 0 Å². The Morgan fingerprint density at radius 1 is 0.778 bits per heavy atom. The summed E-state index contributed by atoms with van der Waals surface area (Å²) in [6.07, 6.45) is 0.845. The van der Waals surface area contributed by atoms with Gasteiger partial charge in [-0.05, 0) is 74.6 Å². The predicted molar refractivity (Wildman–Crippen MR) is 180 cm³/mol. The smallest absolute Gasteiger partial charge is 0.264 e. The minimum absolute atomic E-state index is 0.0932. The van der Waals surface area contributed by atoms with Gasteiger partial charge in [0.1, 0.15) is 12.6 Å². The first-order chi connectivity index (χ1) is 21.5. The lowest BCUT2D eigenvalue weighted by Crippen LogP contribution is -2.54. The highest BCUT2D eigenvalue weighted by atomic mass is 32.2. The summed E-state index contributed by atoms with van der Waals surface area (Å²) in [5.41, 5.74) is 4.90. The molecule has 0 aromatic heterocycles. The molecule has 0 radical (unpaired) electrons. The molecule has 4 aromatic carbocycles. The molecule has 2 amide bonds. The summed E-state index contributed by atoms with van der Waals surface area (Å²) in [5.74, 6) is -0.766. The molecule has 0 aliphatic heterocycles. The highest BCUT2D eigenvalue weighted by Gasteiger charge is 2.35. The van der Waals surface area contributed by atoms with Crippen molar-refractivity contribution in [1.82, 2.24) is 10.2 Å².